The van der Waals surface area contributed by atoms with Crippen LogP contribution in [0.15, 0.2) is 24.3 Å². The van der Waals surface area contributed by atoms with Gasteiger partial charge in [-0.2, -0.15) is 0 Å². The van der Waals surface area contributed by atoms with E-state index in [9.17, 15) is 0 Å². The standard InChI is InChI=1S/C19H30N2/c1-4-20-18-17(10-7-11-19(18,2)3)14-21-12-15-8-5-6-9-16(15)13-21/h5-6,8-9,17-18,20H,4,7,10-14H2,1-3H3. The van der Waals surface area contributed by atoms with Crippen LogP contribution in [0.4, 0.5) is 0 Å². The van der Waals surface area contributed by atoms with Crippen LogP contribution in [0, 0.1) is 11.3 Å². The Balaban J connectivity index is 1.67. The first-order valence-electron chi connectivity index (χ1n) is 8.62. The Morgan fingerprint density at radius 2 is 1.86 bits per heavy atom. The molecule has 1 aliphatic carbocycles. The predicted molar refractivity (Wildman–Crippen MR) is 89.1 cm³/mol. The Bertz CT molecular complexity index is 455. The fraction of sp³-hybridized carbons (Fsp3) is 0.684. The van der Waals surface area contributed by atoms with Gasteiger partial charge < -0.3 is 5.32 Å². The van der Waals surface area contributed by atoms with Crippen molar-refractivity contribution < 1.29 is 0 Å². The summed E-state index contributed by atoms with van der Waals surface area (Å²) in [6.07, 6.45) is 4.13. The lowest BCUT2D eigenvalue weighted by Crippen LogP contribution is -2.52. The van der Waals surface area contributed by atoms with E-state index in [1.54, 1.807) is 0 Å². The Morgan fingerprint density at radius 1 is 1.19 bits per heavy atom. The minimum atomic E-state index is 0.436. The molecule has 1 N–H and O–H groups in total. The van der Waals surface area contributed by atoms with Crippen LogP contribution in [-0.2, 0) is 13.1 Å². The monoisotopic (exact) mass is 286 g/mol. The molecule has 2 heteroatoms. The highest BCUT2D eigenvalue weighted by Crippen LogP contribution is 2.40. The second kappa shape index (κ2) is 6.10. The molecule has 21 heavy (non-hydrogen) atoms. The summed E-state index contributed by atoms with van der Waals surface area (Å²) in [5.74, 6) is 0.794. The Labute approximate surface area is 129 Å². The van der Waals surface area contributed by atoms with E-state index in [4.69, 9.17) is 0 Å². The van der Waals surface area contributed by atoms with Gasteiger partial charge in [-0.05, 0) is 41.8 Å². The van der Waals surface area contributed by atoms with Crippen LogP contribution in [0.2, 0.25) is 0 Å². The van der Waals surface area contributed by atoms with E-state index in [0.29, 0.717) is 11.5 Å². The highest BCUT2D eigenvalue weighted by molar-refractivity contribution is 5.30. The van der Waals surface area contributed by atoms with Gasteiger partial charge in [0.05, 0.1) is 0 Å². The zero-order valence-electron chi connectivity index (χ0n) is 13.9. The SMILES string of the molecule is CCNC1C(CN2Cc3ccccc3C2)CCCC1(C)C. The predicted octanol–water partition coefficient (Wildman–Crippen LogP) is 3.81. The third kappa shape index (κ3) is 3.17. The number of nitrogens with one attached hydrogen (secondary N) is 1. The van der Waals surface area contributed by atoms with E-state index >= 15 is 0 Å². The fourth-order valence-corrected chi connectivity index (χ4v) is 4.50. The fourth-order valence-electron chi connectivity index (χ4n) is 4.50. The van der Waals surface area contributed by atoms with Gasteiger partial charge >= 0.3 is 0 Å². The van der Waals surface area contributed by atoms with Crippen molar-refractivity contribution in [3.8, 4) is 0 Å². The largest absolute Gasteiger partial charge is 0.313 e. The van der Waals surface area contributed by atoms with Gasteiger partial charge in [0, 0.05) is 25.7 Å². The number of nitrogens with zero attached hydrogens (tertiary/aromatic N) is 1. The first kappa shape index (κ1) is 15.1. The third-order valence-electron chi connectivity index (χ3n) is 5.53. The first-order valence-corrected chi connectivity index (χ1v) is 8.62. The molecule has 1 fully saturated rings. The highest BCUT2D eigenvalue weighted by Gasteiger charge is 2.39. The van der Waals surface area contributed by atoms with Gasteiger partial charge in [0.2, 0.25) is 0 Å². The smallest absolute Gasteiger partial charge is 0.0240 e. The van der Waals surface area contributed by atoms with Gasteiger partial charge in [0.15, 0.2) is 0 Å². The van der Waals surface area contributed by atoms with E-state index < -0.39 is 0 Å². The Hall–Kier alpha value is -0.860. The molecule has 2 unspecified atom stereocenters. The summed E-state index contributed by atoms with van der Waals surface area (Å²) in [5.41, 5.74) is 3.51. The molecule has 0 bridgehead atoms. The van der Waals surface area contributed by atoms with E-state index in [0.717, 1.165) is 25.6 Å². The summed E-state index contributed by atoms with van der Waals surface area (Å²) in [6.45, 7) is 11.8. The average Bonchev–Trinajstić information content (AvgIpc) is 2.84. The molecule has 1 saturated carbocycles. The van der Waals surface area contributed by atoms with E-state index in [1.165, 1.54) is 36.9 Å². The lowest BCUT2D eigenvalue weighted by atomic mass is 9.67. The Kier molecular flexibility index (Phi) is 4.37. The summed E-state index contributed by atoms with van der Waals surface area (Å²) in [5, 5.41) is 3.79. The first-order chi connectivity index (χ1) is 10.1. The summed E-state index contributed by atoms with van der Waals surface area (Å²) in [7, 11) is 0. The van der Waals surface area contributed by atoms with Crippen molar-refractivity contribution in [3.05, 3.63) is 35.4 Å². The van der Waals surface area contributed by atoms with Crippen molar-refractivity contribution in [3.63, 3.8) is 0 Å². The zero-order valence-corrected chi connectivity index (χ0v) is 13.9. The average molecular weight is 286 g/mol. The van der Waals surface area contributed by atoms with Gasteiger partial charge in [-0.25, -0.2) is 0 Å². The van der Waals surface area contributed by atoms with Crippen LogP contribution in [0.3, 0.4) is 0 Å². The van der Waals surface area contributed by atoms with Gasteiger partial charge in [0.25, 0.3) is 0 Å². The molecule has 1 aromatic carbocycles. The molecular weight excluding hydrogens is 256 g/mol. The summed E-state index contributed by atoms with van der Waals surface area (Å²) >= 11 is 0. The maximum absolute atomic E-state index is 3.79. The minimum Gasteiger partial charge on any atom is -0.313 e. The molecule has 0 amide bonds. The maximum atomic E-state index is 3.79. The van der Waals surface area contributed by atoms with Crippen LogP contribution in [0.25, 0.3) is 0 Å². The van der Waals surface area contributed by atoms with Crippen molar-refractivity contribution in [2.45, 2.75) is 59.2 Å². The van der Waals surface area contributed by atoms with Crippen LogP contribution in [0.1, 0.15) is 51.2 Å². The van der Waals surface area contributed by atoms with Crippen molar-refractivity contribution >= 4 is 0 Å². The summed E-state index contributed by atoms with van der Waals surface area (Å²) in [6, 6.07) is 9.60. The molecular formula is C19H30N2. The van der Waals surface area contributed by atoms with Gasteiger partial charge in [-0.3, -0.25) is 4.90 Å². The van der Waals surface area contributed by atoms with E-state index in [1.807, 2.05) is 0 Å². The maximum Gasteiger partial charge on any atom is 0.0240 e. The van der Waals surface area contributed by atoms with Crippen LogP contribution in [-0.4, -0.2) is 24.0 Å². The van der Waals surface area contributed by atoms with Crippen molar-refractivity contribution in [1.29, 1.82) is 0 Å². The van der Waals surface area contributed by atoms with Crippen molar-refractivity contribution in [2.75, 3.05) is 13.1 Å². The molecule has 2 aliphatic rings. The summed E-state index contributed by atoms with van der Waals surface area (Å²) in [4.78, 5) is 2.65. The van der Waals surface area contributed by atoms with E-state index in [2.05, 4.69) is 55.3 Å². The van der Waals surface area contributed by atoms with Crippen LogP contribution >= 0.6 is 0 Å². The molecule has 1 aromatic rings. The molecule has 2 atom stereocenters. The lowest BCUT2D eigenvalue weighted by Gasteiger charge is -2.45. The number of benzene rings is 1. The van der Waals surface area contributed by atoms with Gasteiger partial charge in [-0.1, -0.05) is 51.5 Å². The molecule has 0 radical (unpaired) electrons. The van der Waals surface area contributed by atoms with E-state index in [-0.39, 0.29) is 0 Å². The molecule has 0 saturated heterocycles. The van der Waals surface area contributed by atoms with Crippen molar-refractivity contribution in [1.82, 2.24) is 10.2 Å². The second-order valence-corrected chi connectivity index (χ2v) is 7.61. The molecule has 0 aromatic heterocycles. The second-order valence-electron chi connectivity index (χ2n) is 7.61. The lowest BCUT2D eigenvalue weighted by molar-refractivity contribution is 0.0789. The molecule has 1 aliphatic heterocycles. The highest BCUT2D eigenvalue weighted by atomic mass is 15.1. The van der Waals surface area contributed by atoms with Gasteiger partial charge in [0.1, 0.15) is 0 Å². The van der Waals surface area contributed by atoms with Crippen LogP contribution < -0.4 is 5.32 Å². The van der Waals surface area contributed by atoms with Gasteiger partial charge in [-0.15, -0.1) is 0 Å². The number of hydrogen-bond donors (Lipinski definition) is 1. The summed E-state index contributed by atoms with van der Waals surface area (Å²) < 4.78 is 0. The Morgan fingerprint density at radius 3 is 2.48 bits per heavy atom. The number of rotatable bonds is 4. The molecule has 2 nitrogen and oxygen atoms in total. The quantitative estimate of drug-likeness (QED) is 0.905. The molecule has 3 rings (SSSR count). The number of hydrogen-bond acceptors (Lipinski definition) is 2. The topological polar surface area (TPSA) is 15.3 Å². The zero-order chi connectivity index (χ0) is 14.9. The number of fused-ring (bicyclic) bond motifs is 1. The van der Waals surface area contributed by atoms with Crippen LogP contribution in [0.5, 0.6) is 0 Å². The third-order valence-corrected chi connectivity index (χ3v) is 5.53. The molecule has 0 spiro atoms. The normalized spacial score (nSPS) is 28.5. The molecule has 1 heterocycles. The minimum absolute atomic E-state index is 0.436. The molecule has 116 valence electrons. The van der Waals surface area contributed by atoms with Crippen molar-refractivity contribution in [2.24, 2.45) is 11.3 Å².